The number of ether oxygens (including phenoxy) is 2. The number of aryl methyl sites for hydroxylation is 2. The molecule has 162 valence electrons. The molecule has 1 aromatic heterocycles. The topological polar surface area (TPSA) is 51.7 Å². The second-order valence-corrected chi connectivity index (χ2v) is 8.14. The number of alkyl halides is 3. The first-order valence-corrected chi connectivity index (χ1v) is 10.5. The van der Waals surface area contributed by atoms with E-state index < -0.39 is 6.36 Å². The lowest BCUT2D eigenvalue weighted by Gasteiger charge is -2.30. The molecule has 9 heteroatoms. The van der Waals surface area contributed by atoms with Crippen LogP contribution >= 0.6 is 11.3 Å². The highest BCUT2D eigenvalue weighted by Crippen LogP contribution is 2.33. The highest BCUT2D eigenvalue weighted by atomic mass is 32.1. The summed E-state index contributed by atoms with van der Waals surface area (Å²) in [6.07, 6.45) is -3.53. The lowest BCUT2D eigenvalue weighted by Crippen LogP contribution is -2.35. The fraction of sp³-hybridized carbons (Fsp3) is 0.273. The average Bonchev–Trinajstić information content (AvgIpc) is 3.15. The van der Waals surface area contributed by atoms with Crippen LogP contribution < -0.4 is 14.4 Å². The van der Waals surface area contributed by atoms with Crippen LogP contribution in [-0.2, 0) is 13.0 Å². The first kappa shape index (κ1) is 21.2. The summed E-state index contributed by atoms with van der Waals surface area (Å²) in [5.74, 6) is 0.0243. The van der Waals surface area contributed by atoms with E-state index in [4.69, 9.17) is 4.74 Å². The van der Waals surface area contributed by atoms with Gasteiger partial charge in [-0.1, -0.05) is 6.07 Å². The maximum Gasteiger partial charge on any atom is 0.573 e. The number of fused-ring (bicyclic) bond motifs is 1. The lowest BCUT2D eigenvalue weighted by molar-refractivity contribution is -0.274. The Kier molecular flexibility index (Phi) is 5.86. The number of hydrogen-bond donors (Lipinski definition) is 0. The highest BCUT2D eigenvalue weighted by Gasteiger charge is 2.32. The summed E-state index contributed by atoms with van der Waals surface area (Å²) in [7, 11) is 0. The van der Waals surface area contributed by atoms with Gasteiger partial charge in [0.1, 0.15) is 18.1 Å². The summed E-state index contributed by atoms with van der Waals surface area (Å²) >= 11 is 1.54. The van der Waals surface area contributed by atoms with Gasteiger partial charge in [-0.25, -0.2) is 4.98 Å². The van der Waals surface area contributed by atoms with Gasteiger partial charge in [-0.2, -0.15) is 0 Å². The molecule has 0 aliphatic carbocycles. The number of halogens is 3. The van der Waals surface area contributed by atoms with E-state index in [-0.39, 0.29) is 11.7 Å². The van der Waals surface area contributed by atoms with E-state index in [2.05, 4.69) is 9.72 Å². The molecular weight excluding hydrogens is 429 g/mol. The van der Waals surface area contributed by atoms with Crippen molar-refractivity contribution >= 4 is 22.9 Å². The van der Waals surface area contributed by atoms with Gasteiger partial charge in [0.25, 0.3) is 5.91 Å². The summed E-state index contributed by atoms with van der Waals surface area (Å²) in [6.45, 7) is 2.70. The molecule has 0 atom stereocenters. The second kappa shape index (κ2) is 8.58. The van der Waals surface area contributed by atoms with Crippen molar-refractivity contribution < 1.29 is 27.4 Å². The molecular formula is C22H19F3N2O3S. The fourth-order valence-corrected chi connectivity index (χ4v) is 4.09. The molecule has 4 rings (SSSR count). The summed E-state index contributed by atoms with van der Waals surface area (Å²) in [5, 5.41) is 2.88. The zero-order valence-corrected chi connectivity index (χ0v) is 17.4. The van der Waals surface area contributed by atoms with Gasteiger partial charge in [-0.3, -0.25) is 4.79 Å². The van der Waals surface area contributed by atoms with Crippen molar-refractivity contribution in [2.75, 3.05) is 11.4 Å². The van der Waals surface area contributed by atoms with Crippen molar-refractivity contribution in [1.29, 1.82) is 0 Å². The zero-order chi connectivity index (χ0) is 22.0. The van der Waals surface area contributed by atoms with Gasteiger partial charge in [0, 0.05) is 23.2 Å². The Hall–Kier alpha value is -3.07. The first-order chi connectivity index (χ1) is 14.8. The molecule has 0 N–H and O–H groups in total. The Morgan fingerprint density at radius 1 is 1.19 bits per heavy atom. The molecule has 0 fully saturated rings. The molecule has 2 aromatic carbocycles. The summed E-state index contributed by atoms with van der Waals surface area (Å²) in [5.41, 5.74) is 2.50. The maximum atomic E-state index is 13.2. The van der Waals surface area contributed by atoms with E-state index in [1.54, 1.807) is 40.5 Å². The van der Waals surface area contributed by atoms with Gasteiger partial charge in [-0.15, -0.1) is 24.5 Å². The number of hydrogen-bond acceptors (Lipinski definition) is 5. The minimum Gasteiger partial charge on any atom is -0.487 e. The molecule has 2 heterocycles. The molecule has 1 amide bonds. The first-order valence-electron chi connectivity index (χ1n) is 9.63. The van der Waals surface area contributed by atoms with Gasteiger partial charge in [-0.05, 0) is 61.7 Å². The molecule has 1 aliphatic heterocycles. The van der Waals surface area contributed by atoms with Crippen molar-refractivity contribution in [2.24, 2.45) is 0 Å². The van der Waals surface area contributed by atoms with E-state index in [0.717, 1.165) is 10.7 Å². The summed E-state index contributed by atoms with van der Waals surface area (Å²) in [6, 6.07) is 10.9. The van der Waals surface area contributed by atoms with E-state index in [1.807, 2.05) is 12.3 Å². The molecule has 0 unspecified atom stereocenters. The molecule has 0 saturated heterocycles. The van der Waals surface area contributed by atoms with Crippen molar-refractivity contribution in [3.63, 3.8) is 0 Å². The van der Waals surface area contributed by atoms with Crippen LogP contribution in [-0.4, -0.2) is 23.8 Å². The molecule has 3 aromatic rings. The van der Waals surface area contributed by atoms with Crippen molar-refractivity contribution in [3.8, 4) is 11.5 Å². The van der Waals surface area contributed by atoms with Crippen LogP contribution in [0.15, 0.2) is 47.8 Å². The molecule has 0 spiro atoms. The van der Waals surface area contributed by atoms with Crippen molar-refractivity contribution in [2.45, 2.75) is 32.7 Å². The van der Waals surface area contributed by atoms with Crippen molar-refractivity contribution in [3.05, 3.63) is 69.7 Å². The molecule has 5 nitrogen and oxygen atoms in total. The quantitative estimate of drug-likeness (QED) is 0.516. The number of amides is 1. The lowest BCUT2D eigenvalue weighted by atomic mass is 10.0. The Bertz CT molecular complexity index is 1100. The zero-order valence-electron chi connectivity index (χ0n) is 16.6. The number of benzene rings is 2. The molecule has 1 aliphatic rings. The third-order valence-corrected chi connectivity index (χ3v) is 5.60. The number of nitrogens with zero attached hydrogens (tertiary/aromatic N) is 2. The Morgan fingerprint density at radius 2 is 2.03 bits per heavy atom. The van der Waals surface area contributed by atoms with Crippen LogP contribution in [0, 0.1) is 6.92 Å². The Labute approximate surface area is 181 Å². The number of aromatic nitrogens is 1. The third-order valence-electron chi connectivity index (χ3n) is 4.78. The second-order valence-electron chi connectivity index (χ2n) is 7.07. The minimum atomic E-state index is -4.75. The van der Waals surface area contributed by atoms with Crippen LogP contribution in [0.5, 0.6) is 11.5 Å². The van der Waals surface area contributed by atoms with E-state index in [1.165, 1.54) is 18.2 Å². The summed E-state index contributed by atoms with van der Waals surface area (Å²) in [4.78, 5) is 19.1. The van der Waals surface area contributed by atoms with E-state index in [0.29, 0.717) is 48.6 Å². The van der Waals surface area contributed by atoms with Gasteiger partial charge in [0.05, 0.1) is 10.7 Å². The van der Waals surface area contributed by atoms with Crippen LogP contribution in [0.25, 0.3) is 0 Å². The molecule has 0 saturated carbocycles. The van der Waals surface area contributed by atoms with Gasteiger partial charge < -0.3 is 14.4 Å². The van der Waals surface area contributed by atoms with Gasteiger partial charge >= 0.3 is 6.36 Å². The summed E-state index contributed by atoms with van der Waals surface area (Å²) < 4.78 is 47.3. The predicted octanol–water partition coefficient (Wildman–Crippen LogP) is 5.52. The molecule has 0 radical (unpaired) electrons. The number of carbonyl (C=O) groups is 1. The smallest absolute Gasteiger partial charge is 0.487 e. The van der Waals surface area contributed by atoms with Gasteiger partial charge in [0.15, 0.2) is 0 Å². The average molecular weight is 448 g/mol. The van der Waals surface area contributed by atoms with Crippen molar-refractivity contribution in [1.82, 2.24) is 4.98 Å². The number of anilines is 1. The van der Waals surface area contributed by atoms with Crippen LogP contribution in [0.2, 0.25) is 0 Å². The van der Waals surface area contributed by atoms with Crippen LogP contribution in [0.1, 0.15) is 33.0 Å². The SMILES string of the molecule is Cc1nc(COc2cccc(C(=O)N3CCCc4cc(OC(F)(F)F)ccc43)c2)cs1. The van der Waals surface area contributed by atoms with E-state index in [9.17, 15) is 18.0 Å². The largest absolute Gasteiger partial charge is 0.573 e. The monoisotopic (exact) mass is 448 g/mol. The van der Waals surface area contributed by atoms with Crippen LogP contribution in [0.3, 0.4) is 0 Å². The minimum absolute atomic E-state index is 0.236. The van der Waals surface area contributed by atoms with Crippen LogP contribution in [0.4, 0.5) is 18.9 Å². The maximum absolute atomic E-state index is 13.2. The Balaban J connectivity index is 1.51. The molecule has 31 heavy (non-hydrogen) atoms. The number of carbonyl (C=O) groups excluding carboxylic acids is 1. The number of thiazole rings is 1. The highest BCUT2D eigenvalue weighted by molar-refractivity contribution is 7.09. The fourth-order valence-electron chi connectivity index (χ4n) is 3.49. The van der Waals surface area contributed by atoms with Gasteiger partial charge in [0.2, 0.25) is 0 Å². The molecule has 0 bridgehead atoms. The number of rotatable bonds is 5. The normalized spacial score (nSPS) is 13.6. The van der Waals surface area contributed by atoms with E-state index >= 15 is 0 Å². The Morgan fingerprint density at radius 3 is 2.77 bits per heavy atom. The third kappa shape index (κ3) is 5.16. The standard InChI is InChI=1S/C22H19F3N2O3S/c1-14-26-17(13-31-14)12-29-18-6-2-4-16(11-18)21(28)27-9-3-5-15-10-19(7-8-20(15)27)30-22(23,24)25/h2,4,6-8,10-11,13H,3,5,9,12H2,1H3. The predicted molar refractivity (Wildman–Crippen MR) is 111 cm³/mol.